The third-order valence-corrected chi connectivity index (χ3v) is 6.03. The molecule has 1 atom stereocenters. The highest BCUT2D eigenvalue weighted by Crippen LogP contribution is 2.40. The van der Waals surface area contributed by atoms with Gasteiger partial charge in [0.2, 0.25) is 5.91 Å². The highest BCUT2D eigenvalue weighted by atomic mass is 32.2. The van der Waals surface area contributed by atoms with Gasteiger partial charge in [0.15, 0.2) is 0 Å². The van der Waals surface area contributed by atoms with Crippen molar-refractivity contribution in [1.29, 1.82) is 0 Å². The van der Waals surface area contributed by atoms with Crippen LogP contribution in [0.25, 0.3) is 10.2 Å². The maximum atomic E-state index is 11.9. The topological polar surface area (TPSA) is 54.9 Å². The number of thioether (sulfide) groups is 1. The monoisotopic (exact) mass is 321 g/mol. The Morgan fingerprint density at radius 2 is 2.24 bits per heavy atom. The molecular formula is C15H19N3OS2. The molecule has 4 nitrogen and oxygen atoms in total. The van der Waals surface area contributed by atoms with Crippen LogP contribution in [0.15, 0.2) is 11.4 Å². The minimum atomic E-state index is -0.137. The lowest BCUT2D eigenvalue weighted by Gasteiger charge is -2.13. The molecular weight excluding hydrogens is 302 g/mol. The molecule has 3 rings (SSSR count). The van der Waals surface area contributed by atoms with Gasteiger partial charge in [0.05, 0.1) is 5.25 Å². The van der Waals surface area contributed by atoms with E-state index >= 15 is 0 Å². The summed E-state index contributed by atoms with van der Waals surface area (Å²) in [6, 6.07) is 0. The molecule has 1 N–H and O–H groups in total. The van der Waals surface area contributed by atoms with Crippen LogP contribution < -0.4 is 5.32 Å². The number of nitrogens with one attached hydrogen (secondary N) is 1. The summed E-state index contributed by atoms with van der Waals surface area (Å²) >= 11 is 3.34. The molecule has 0 unspecified atom stereocenters. The third kappa shape index (κ3) is 2.92. The molecule has 2 aromatic heterocycles. The Bertz CT molecular complexity index is 668. The van der Waals surface area contributed by atoms with Gasteiger partial charge in [-0.2, -0.15) is 0 Å². The molecule has 2 heterocycles. The van der Waals surface area contributed by atoms with Crippen molar-refractivity contribution in [1.82, 2.24) is 15.3 Å². The van der Waals surface area contributed by atoms with Gasteiger partial charge < -0.3 is 5.32 Å². The Kier molecular flexibility index (Phi) is 4.45. The van der Waals surface area contributed by atoms with E-state index < -0.39 is 0 Å². The highest BCUT2D eigenvalue weighted by molar-refractivity contribution is 8.00. The first kappa shape index (κ1) is 14.8. The van der Waals surface area contributed by atoms with E-state index in [9.17, 15) is 4.79 Å². The van der Waals surface area contributed by atoms with Crippen molar-refractivity contribution in [3.05, 3.63) is 16.8 Å². The Morgan fingerprint density at radius 1 is 1.43 bits per heavy atom. The molecule has 0 bridgehead atoms. The summed E-state index contributed by atoms with van der Waals surface area (Å²) < 4.78 is 0. The molecule has 0 saturated carbocycles. The van der Waals surface area contributed by atoms with Crippen molar-refractivity contribution >= 4 is 39.2 Å². The van der Waals surface area contributed by atoms with Crippen LogP contribution in [-0.2, 0) is 17.6 Å². The van der Waals surface area contributed by atoms with E-state index in [0.29, 0.717) is 6.54 Å². The van der Waals surface area contributed by atoms with Crippen LogP contribution in [0.1, 0.15) is 37.1 Å². The number of nitrogens with zero attached hydrogens (tertiary/aromatic N) is 2. The number of carbonyl (C=O) groups is 1. The number of fused-ring (bicyclic) bond motifs is 3. The quantitative estimate of drug-likeness (QED) is 0.694. The van der Waals surface area contributed by atoms with E-state index in [1.165, 1.54) is 28.7 Å². The summed E-state index contributed by atoms with van der Waals surface area (Å²) in [7, 11) is 0. The number of aromatic nitrogens is 2. The van der Waals surface area contributed by atoms with Crippen molar-refractivity contribution in [2.24, 2.45) is 0 Å². The summed E-state index contributed by atoms with van der Waals surface area (Å²) in [5.41, 5.74) is 1.42. The second kappa shape index (κ2) is 6.32. The van der Waals surface area contributed by atoms with E-state index in [2.05, 4.69) is 15.3 Å². The molecule has 1 aliphatic rings. The van der Waals surface area contributed by atoms with Crippen molar-refractivity contribution in [2.45, 2.75) is 49.8 Å². The molecule has 6 heteroatoms. The van der Waals surface area contributed by atoms with Crippen LogP contribution in [0, 0.1) is 0 Å². The van der Waals surface area contributed by atoms with Crippen LogP contribution in [0.3, 0.4) is 0 Å². The van der Waals surface area contributed by atoms with Crippen LogP contribution in [0.2, 0.25) is 0 Å². The van der Waals surface area contributed by atoms with Crippen LogP contribution in [0.4, 0.5) is 0 Å². The number of hydrogen-bond donors (Lipinski definition) is 1. The summed E-state index contributed by atoms with van der Waals surface area (Å²) in [4.78, 5) is 23.3. The van der Waals surface area contributed by atoms with E-state index in [1.54, 1.807) is 29.4 Å². The lowest BCUT2D eigenvalue weighted by molar-refractivity contribution is -0.120. The zero-order valence-corrected chi connectivity index (χ0v) is 13.9. The predicted octanol–water partition coefficient (Wildman–Crippen LogP) is 3.19. The van der Waals surface area contributed by atoms with Gasteiger partial charge in [-0.1, -0.05) is 11.8 Å². The summed E-state index contributed by atoms with van der Waals surface area (Å²) in [5.74, 6) is 0.0679. The van der Waals surface area contributed by atoms with Gasteiger partial charge in [0, 0.05) is 16.8 Å². The minimum absolute atomic E-state index is 0.0679. The van der Waals surface area contributed by atoms with Crippen molar-refractivity contribution in [3.8, 4) is 0 Å². The van der Waals surface area contributed by atoms with Crippen LogP contribution in [-0.4, -0.2) is 27.7 Å². The van der Waals surface area contributed by atoms with Gasteiger partial charge in [-0.25, -0.2) is 9.97 Å². The first-order valence-electron chi connectivity index (χ1n) is 7.40. The number of hydrogen-bond acceptors (Lipinski definition) is 5. The number of thiophene rings is 1. The molecule has 0 saturated heterocycles. The van der Waals surface area contributed by atoms with Crippen molar-refractivity contribution in [3.63, 3.8) is 0 Å². The summed E-state index contributed by atoms with van der Waals surface area (Å²) in [6.07, 6.45) is 6.41. The SMILES string of the molecule is CCNC(=O)[C@@H](C)Sc1ncnc2sc3c(c12)CCCC3. The lowest BCUT2D eigenvalue weighted by Crippen LogP contribution is -2.30. The molecule has 1 aliphatic carbocycles. The average molecular weight is 321 g/mol. The average Bonchev–Trinajstić information content (AvgIpc) is 2.87. The van der Waals surface area contributed by atoms with Gasteiger partial charge in [0.25, 0.3) is 0 Å². The van der Waals surface area contributed by atoms with Crippen LogP contribution in [0.5, 0.6) is 0 Å². The first-order valence-corrected chi connectivity index (χ1v) is 9.10. The van der Waals surface area contributed by atoms with Gasteiger partial charge in [-0.05, 0) is 45.1 Å². The maximum absolute atomic E-state index is 11.9. The van der Waals surface area contributed by atoms with Crippen molar-refractivity contribution in [2.75, 3.05) is 6.54 Å². The summed E-state index contributed by atoms with van der Waals surface area (Å²) in [5, 5.41) is 4.88. The second-order valence-corrected chi connectivity index (χ2v) is 7.64. The number of amides is 1. The fourth-order valence-electron chi connectivity index (χ4n) is 2.69. The van der Waals surface area contributed by atoms with Crippen molar-refractivity contribution < 1.29 is 4.79 Å². The Balaban J connectivity index is 1.95. The molecule has 112 valence electrons. The molecule has 2 aromatic rings. The zero-order chi connectivity index (χ0) is 14.8. The molecule has 1 amide bonds. The van der Waals surface area contributed by atoms with E-state index in [0.717, 1.165) is 22.7 Å². The second-order valence-electron chi connectivity index (χ2n) is 5.22. The molecule has 0 fully saturated rings. The van der Waals surface area contributed by atoms with Gasteiger partial charge >= 0.3 is 0 Å². The van der Waals surface area contributed by atoms with Crippen LogP contribution >= 0.6 is 23.1 Å². The number of carbonyl (C=O) groups excluding carboxylic acids is 1. The third-order valence-electron chi connectivity index (χ3n) is 3.73. The normalized spacial score (nSPS) is 15.7. The van der Waals surface area contributed by atoms with E-state index in [-0.39, 0.29) is 11.2 Å². The largest absolute Gasteiger partial charge is 0.355 e. The number of rotatable bonds is 4. The molecule has 0 aromatic carbocycles. The molecule has 0 radical (unpaired) electrons. The highest BCUT2D eigenvalue weighted by Gasteiger charge is 2.22. The summed E-state index contributed by atoms with van der Waals surface area (Å²) in [6.45, 7) is 4.53. The van der Waals surface area contributed by atoms with E-state index in [4.69, 9.17) is 0 Å². The first-order chi connectivity index (χ1) is 10.2. The molecule has 0 aliphatic heterocycles. The standard InChI is InChI=1S/C15H19N3OS2/c1-3-16-13(19)9(2)20-14-12-10-6-4-5-7-11(10)21-15(12)18-8-17-14/h8-9H,3-7H2,1-2H3,(H,16,19)/t9-/m1/s1. The predicted molar refractivity (Wildman–Crippen MR) is 88.1 cm³/mol. The Labute approximate surface area is 132 Å². The smallest absolute Gasteiger partial charge is 0.233 e. The Morgan fingerprint density at radius 3 is 3.05 bits per heavy atom. The molecule has 0 spiro atoms. The van der Waals surface area contributed by atoms with E-state index in [1.807, 2.05) is 13.8 Å². The number of aryl methyl sites for hydroxylation is 2. The minimum Gasteiger partial charge on any atom is -0.355 e. The van der Waals surface area contributed by atoms with Gasteiger partial charge in [0.1, 0.15) is 16.2 Å². The fourth-order valence-corrected chi connectivity index (χ4v) is 4.95. The zero-order valence-electron chi connectivity index (χ0n) is 12.3. The fraction of sp³-hybridized carbons (Fsp3) is 0.533. The Hall–Kier alpha value is -1.14. The molecule has 21 heavy (non-hydrogen) atoms. The maximum Gasteiger partial charge on any atom is 0.233 e. The van der Waals surface area contributed by atoms with Gasteiger partial charge in [-0.3, -0.25) is 4.79 Å². The van der Waals surface area contributed by atoms with Gasteiger partial charge in [-0.15, -0.1) is 11.3 Å². The lowest BCUT2D eigenvalue weighted by atomic mass is 9.97.